The summed E-state index contributed by atoms with van der Waals surface area (Å²) in [5.41, 5.74) is -0.803. The lowest BCUT2D eigenvalue weighted by molar-refractivity contribution is -0.0958. The Balaban J connectivity index is 4.40. The normalized spacial score (nSPS) is 14.1. The van der Waals surface area contributed by atoms with Gasteiger partial charge in [-0.15, -0.1) is 0 Å². The number of allylic oxidation sites excluding steroid dienone is 2. The van der Waals surface area contributed by atoms with E-state index in [1.54, 1.807) is 0 Å². The minimum absolute atomic E-state index is 0.803. The first kappa shape index (κ1) is 10.0. The Morgan fingerprint density at radius 3 is 2.27 bits per heavy atom. The quantitative estimate of drug-likeness (QED) is 0.615. The van der Waals surface area contributed by atoms with Crippen LogP contribution in [0.3, 0.4) is 0 Å². The molecule has 0 bridgehead atoms. The smallest absolute Gasteiger partial charge is 0.384 e. The summed E-state index contributed by atoms with van der Waals surface area (Å²) in [5.74, 6) is 0. The van der Waals surface area contributed by atoms with E-state index in [4.69, 9.17) is 0 Å². The molecule has 0 aliphatic heterocycles. The molecule has 0 spiro atoms. The summed E-state index contributed by atoms with van der Waals surface area (Å²) in [6.07, 6.45) is -2.37. The molecule has 0 saturated heterocycles. The average molecular weight is 166 g/mol. The number of hydrogen-bond donors (Lipinski definition) is 1. The van der Waals surface area contributed by atoms with Gasteiger partial charge in [-0.2, -0.15) is 13.2 Å². The van der Waals surface area contributed by atoms with Crippen molar-refractivity contribution in [1.82, 2.24) is 5.32 Å². The van der Waals surface area contributed by atoms with Gasteiger partial charge in [0, 0.05) is 20.3 Å². The second-order valence-corrected chi connectivity index (χ2v) is 1.74. The first-order chi connectivity index (χ1) is 5.02. The molecule has 0 aromatic heterocycles. The summed E-state index contributed by atoms with van der Waals surface area (Å²) in [6, 6.07) is 0. The third kappa shape index (κ3) is 3.64. The van der Waals surface area contributed by atoms with Crippen LogP contribution in [0.1, 0.15) is 0 Å². The summed E-state index contributed by atoms with van der Waals surface area (Å²) in [4.78, 5) is 3.40. The highest BCUT2D eigenvalue weighted by Crippen LogP contribution is 2.22. The average Bonchev–Trinajstić information content (AvgIpc) is 1.87. The Bertz CT molecular complexity index is 169. The molecular formula is C6H9F3N2. The standard InChI is InChI=1S/C6H9F3N2/c1-10-4-3-5(11-2)6(7,8)9/h3-4,11H,1-2H3/b5-3-,10-4-. The minimum atomic E-state index is -4.32. The summed E-state index contributed by atoms with van der Waals surface area (Å²) >= 11 is 0. The predicted molar refractivity (Wildman–Crippen MR) is 37.6 cm³/mol. The Kier molecular flexibility index (Phi) is 3.64. The van der Waals surface area contributed by atoms with Crippen LogP contribution >= 0.6 is 0 Å². The van der Waals surface area contributed by atoms with E-state index in [1.165, 1.54) is 14.1 Å². The molecule has 0 rings (SSSR count). The fourth-order valence-electron chi connectivity index (χ4n) is 0.469. The van der Waals surface area contributed by atoms with E-state index >= 15 is 0 Å². The summed E-state index contributed by atoms with van der Waals surface area (Å²) < 4.78 is 35.6. The van der Waals surface area contributed by atoms with Crippen LogP contribution in [-0.2, 0) is 0 Å². The molecule has 0 radical (unpaired) electrons. The SMILES string of the molecule is C/N=C\C=C(/NC)C(F)(F)F. The fourth-order valence-corrected chi connectivity index (χ4v) is 0.469. The molecule has 5 heteroatoms. The van der Waals surface area contributed by atoms with Crippen molar-refractivity contribution in [2.75, 3.05) is 14.1 Å². The molecule has 2 nitrogen and oxygen atoms in total. The van der Waals surface area contributed by atoms with E-state index < -0.39 is 11.9 Å². The zero-order chi connectivity index (χ0) is 8.91. The molecule has 0 aliphatic rings. The number of nitrogens with zero attached hydrogens (tertiary/aromatic N) is 1. The maximum Gasteiger partial charge on any atom is 0.430 e. The van der Waals surface area contributed by atoms with Crippen molar-refractivity contribution in [3.05, 3.63) is 11.8 Å². The monoisotopic (exact) mass is 166 g/mol. The van der Waals surface area contributed by atoms with Crippen LogP contribution in [-0.4, -0.2) is 26.5 Å². The molecule has 0 aromatic carbocycles. The van der Waals surface area contributed by atoms with Gasteiger partial charge in [-0.1, -0.05) is 0 Å². The maximum absolute atomic E-state index is 11.9. The summed E-state index contributed by atoms with van der Waals surface area (Å²) in [7, 11) is 2.61. The van der Waals surface area contributed by atoms with Gasteiger partial charge in [0.2, 0.25) is 0 Å². The van der Waals surface area contributed by atoms with Crippen LogP contribution in [0.2, 0.25) is 0 Å². The first-order valence-corrected chi connectivity index (χ1v) is 2.89. The Labute approximate surface area is 62.8 Å². The van der Waals surface area contributed by atoms with Gasteiger partial charge >= 0.3 is 6.18 Å². The molecule has 1 N–H and O–H groups in total. The van der Waals surface area contributed by atoms with Crippen molar-refractivity contribution in [2.24, 2.45) is 4.99 Å². The molecule has 0 aliphatic carbocycles. The second kappa shape index (κ2) is 4.00. The Morgan fingerprint density at radius 1 is 1.45 bits per heavy atom. The fraction of sp³-hybridized carbons (Fsp3) is 0.500. The zero-order valence-corrected chi connectivity index (χ0v) is 6.24. The van der Waals surface area contributed by atoms with Crippen molar-refractivity contribution in [3.8, 4) is 0 Å². The van der Waals surface area contributed by atoms with Crippen LogP contribution in [0.15, 0.2) is 16.8 Å². The molecular weight excluding hydrogens is 157 g/mol. The molecule has 0 heterocycles. The van der Waals surface area contributed by atoms with Crippen LogP contribution in [0.4, 0.5) is 13.2 Å². The predicted octanol–water partition coefficient (Wildman–Crippen LogP) is 1.35. The number of aliphatic imine (C=N–C) groups is 1. The maximum atomic E-state index is 11.9. The van der Waals surface area contributed by atoms with Gasteiger partial charge in [0.1, 0.15) is 5.70 Å². The molecule has 11 heavy (non-hydrogen) atoms. The van der Waals surface area contributed by atoms with Gasteiger partial charge in [-0.3, -0.25) is 4.99 Å². The topological polar surface area (TPSA) is 24.4 Å². The van der Waals surface area contributed by atoms with Crippen molar-refractivity contribution < 1.29 is 13.2 Å². The molecule has 0 amide bonds. The summed E-state index contributed by atoms with van der Waals surface area (Å²) in [6.45, 7) is 0. The van der Waals surface area contributed by atoms with Gasteiger partial charge in [0.15, 0.2) is 0 Å². The van der Waals surface area contributed by atoms with Crippen LogP contribution in [0.5, 0.6) is 0 Å². The lowest BCUT2D eigenvalue weighted by Crippen LogP contribution is -2.23. The second-order valence-electron chi connectivity index (χ2n) is 1.74. The lowest BCUT2D eigenvalue weighted by atomic mass is 10.4. The van der Waals surface area contributed by atoms with Crippen molar-refractivity contribution in [3.63, 3.8) is 0 Å². The molecule has 64 valence electrons. The van der Waals surface area contributed by atoms with Crippen molar-refractivity contribution in [1.29, 1.82) is 0 Å². The van der Waals surface area contributed by atoms with E-state index in [0.717, 1.165) is 12.3 Å². The van der Waals surface area contributed by atoms with Crippen molar-refractivity contribution >= 4 is 6.21 Å². The van der Waals surface area contributed by atoms with Gasteiger partial charge in [-0.25, -0.2) is 0 Å². The molecule has 0 atom stereocenters. The number of alkyl halides is 3. The van der Waals surface area contributed by atoms with Crippen LogP contribution < -0.4 is 5.32 Å². The van der Waals surface area contributed by atoms with Crippen LogP contribution in [0.25, 0.3) is 0 Å². The van der Waals surface area contributed by atoms with E-state index in [0.29, 0.717) is 0 Å². The highest BCUT2D eigenvalue weighted by atomic mass is 19.4. The highest BCUT2D eigenvalue weighted by molar-refractivity contribution is 5.72. The van der Waals surface area contributed by atoms with E-state index in [2.05, 4.69) is 4.99 Å². The first-order valence-electron chi connectivity index (χ1n) is 2.89. The van der Waals surface area contributed by atoms with Gasteiger partial charge in [0.05, 0.1) is 0 Å². The highest BCUT2D eigenvalue weighted by Gasteiger charge is 2.32. The zero-order valence-electron chi connectivity index (χ0n) is 6.24. The largest absolute Gasteiger partial charge is 0.430 e. The lowest BCUT2D eigenvalue weighted by Gasteiger charge is -2.08. The van der Waals surface area contributed by atoms with Gasteiger partial charge in [0.25, 0.3) is 0 Å². The van der Waals surface area contributed by atoms with Gasteiger partial charge in [-0.05, 0) is 6.08 Å². The van der Waals surface area contributed by atoms with Crippen molar-refractivity contribution in [2.45, 2.75) is 6.18 Å². The minimum Gasteiger partial charge on any atom is -0.384 e. The molecule has 0 aromatic rings. The summed E-state index contributed by atoms with van der Waals surface area (Å²) in [5, 5.41) is 2.02. The number of rotatable bonds is 2. The van der Waals surface area contributed by atoms with E-state index in [-0.39, 0.29) is 0 Å². The van der Waals surface area contributed by atoms with Crippen LogP contribution in [0, 0.1) is 0 Å². The van der Waals surface area contributed by atoms with E-state index in [1.807, 2.05) is 5.32 Å². The molecule has 0 unspecified atom stereocenters. The Hall–Kier alpha value is -1.00. The Morgan fingerprint density at radius 2 is 2.00 bits per heavy atom. The molecule has 0 fully saturated rings. The van der Waals surface area contributed by atoms with E-state index in [9.17, 15) is 13.2 Å². The van der Waals surface area contributed by atoms with Gasteiger partial charge < -0.3 is 5.32 Å². The number of halogens is 3. The third-order valence-electron chi connectivity index (χ3n) is 0.965. The third-order valence-corrected chi connectivity index (χ3v) is 0.965. The molecule has 0 saturated carbocycles. The number of hydrogen-bond acceptors (Lipinski definition) is 2. The number of nitrogens with one attached hydrogen (secondary N) is 1.